The zero-order valence-corrected chi connectivity index (χ0v) is 8.38. The molecule has 14 heavy (non-hydrogen) atoms. The maximum absolute atomic E-state index is 7.71. The number of nitrogens with two attached hydrogens (primary N) is 1. The molecular weight excluding hydrogens is 174 g/mol. The SMILES string of the molecule is [2H]c1nc(N2CCCCC2C)c(N)c([2H])c1[2H]. The Labute approximate surface area is 89.1 Å². The van der Waals surface area contributed by atoms with Crippen molar-refractivity contribution >= 4 is 11.5 Å². The maximum Gasteiger partial charge on any atom is 0.151 e. The molecule has 1 fully saturated rings. The first-order valence-corrected chi connectivity index (χ1v) is 5.02. The van der Waals surface area contributed by atoms with Crippen LogP contribution in [0.2, 0.25) is 0 Å². The highest BCUT2D eigenvalue weighted by Gasteiger charge is 2.20. The second-order valence-electron chi connectivity index (χ2n) is 3.75. The second kappa shape index (κ2) is 3.86. The fourth-order valence-corrected chi connectivity index (χ4v) is 1.92. The monoisotopic (exact) mass is 194 g/mol. The van der Waals surface area contributed by atoms with E-state index in [0.29, 0.717) is 11.9 Å². The van der Waals surface area contributed by atoms with Gasteiger partial charge in [-0.1, -0.05) is 0 Å². The number of piperidine rings is 1. The number of hydrogen-bond acceptors (Lipinski definition) is 3. The zero-order valence-electron chi connectivity index (χ0n) is 11.4. The van der Waals surface area contributed by atoms with Crippen molar-refractivity contribution in [1.82, 2.24) is 4.98 Å². The van der Waals surface area contributed by atoms with Gasteiger partial charge in [0.1, 0.15) is 0 Å². The number of nitrogen functional groups attached to an aromatic ring is 1. The van der Waals surface area contributed by atoms with Crippen molar-refractivity contribution in [3.8, 4) is 0 Å². The van der Waals surface area contributed by atoms with Crippen LogP contribution in [-0.4, -0.2) is 17.6 Å². The molecule has 1 aliphatic rings. The average Bonchev–Trinajstić information content (AvgIpc) is 2.32. The fraction of sp³-hybridized carbons (Fsp3) is 0.545. The first-order chi connectivity index (χ1) is 8.02. The van der Waals surface area contributed by atoms with Gasteiger partial charge >= 0.3 is 0 Å². The molecule has 2 rings (SSSR count). The van der Waals surface area contributed by atoms with Gasteiger partial charge in [-0.15, -0.1) is 0 Å². The molecule has 2 heterocycles. The van der Waals surface area contributed by atoms with Gasteiger partial charge in [-0.05, 0) is 38.3 Å². The van der Waals surface area contributed by atoms with Gasteiger partial charge in [-0.3, -0.25) is 0 Å². The van der Waals surface area contributed by atoms with Crippen LogP contribution in [0.15, 0.2) is 18.3 Å². The highest BCUT2D eigenvalue weighted by atomic mass is 15.2. The minimum absolute atomic E-state index is 0.0854. The number of pyridine rings is 1. The molecule has 3 nitrogen and oxygen atoms in total. The third-order valence-electron chi connectivity index (χ3n) is 2.73. The molecule has 0 radical (unpaired) electrons. The summed E-state index contributed by atoms with van der Waals surface area (Å²) in [5.41, 5.74) is 6.07. The third kappa shape index (κ3) is 1.67. The van der Waals surface area contributed by atoms with Gasteiger partial charge in [0.05, 0.1) is 9.80 Å². The molecular formula is C11H17N3. The number of anilines is 2. The van der Waals surface area contributed by atoms with Crippen LogP contribution in [0.1, 0.15) is 30.3 Å². The van der Waals surface area contributed by atoms with Crippen LogP contribution in [0, 0.1) is 0 Å². The summed E-state index contributed by atoms with van der Waals surface area (Å²) in [6.45, 7) is 2.96. The lowest BCUT2D eigenvalue weighted by Crippen LogP contribution is -2.38. The molecule has 0 spiro atoms. The van der Waals surface area contributed by atoms with E-state index in [9.17, 15) is 0 Å². The predicted molar refractivity (Wildman–Crippen MR) is 59.3 cm³/mol. The molecule has 1 aliphatic heterocycles. The molecule has 0 bridgehead atoms. The summed E-state index contributed by atoms with van der Waals surface area (Å²) in [5, 5.41) is 0. The smallest absolute Gasteiger partial charge is 0.151 e. The van der Waals surface area contributed by atoms with Gasteiger partial charge in [0.15, 0.2) is 5.82 Å². The van der Waals surface area contributed by atoms with Gasteiger partial charge in [-0.25, -0.2) is 4.98 Å². The number of hydrogen-bond donors (Lipinski definition) is 1. The Kier molecular flexibility index (Phi) is 1.73. The van der Waals surface area contributed by atoms with Crippen LogP contribution in [0.25, 0.3) is 0 Å². The molecule has 0 aromatic carbocycles. The lowest BCUT2D eigenvalue weighted by Gasteiger charge is -2.34. The van der Waals surface area contributed by atoms with E-state index >= 15 is 0 Å². The van der Waals surface area contributed by atoms with E-state index in [1.165, 1.54) is 6.42 Å². The van der Waals surface area contributed by atoms with E-state index in [2.05, 4.69) is 11.9 Å². The van der Waals surface area contributed by atoms with E-state index in [1.807, 2.05) is 4.90 Å². The van der Waals surface area contributed by atoms with E-state index < -0.39 is 0 Å². The van der Waals surface area contributed by atoms with Gasteiger partial charge in [0, 0.05) is 18.8 Å². The Morgan fingerprint density at radius 2 is 2.50 bits per heavy atom. The summed E-state index contributed by atoms with van der Waals surface area (Å²) in [6, 6.07) is 0.0441. The van der Waals surface area contributed by atoms with Crippen molar-refractivity contribution in [2.45, 2.75) is 32.2 Å². The quantitative estimate of drug-likeness (QED) is 0.744. The standard InChI is InChI=1S/C11H17N3/c1-9-5-2-3-8-14(9)11-10(12)6-4-7-13-11/h4,6-7,9H,2-3,5,8,12H2,1H3/i4D,6D,7D. The molecule has 1 aromatic rings. The van der Waals surface area contributed by atoms with Crippen LogP contribution < -0.4 is 10.6 Å². The minimum Gasteiger partial charge on any atom is -0.396 e. The third-order valence-corrected chi connectivity index (χ3v) is 2.73. The summed E-state index contributed by atoms with van der Waals surface area (Å²) in [4.78, 5) is 6.12. The first kappa shape index (κ1) is 6.27. The summed E-state index contributed by atoms with van der Waals surface area (Å²) in [6.07, 6.45) is 3.17. The van der Waals surface area contributed by atoms with Gasteiger partial charge in [0.2, 0.25) is 0 Å². The van der Waals surface area contributed by atoms with E-state index in [1.54, 1.807) is 0 Å². The van der Waals surface area contributed by atoms with Crippen LogP contribution in [-0.2, 0) is 0 Å². The molecule has 76 valence electrons. The van der Waals surface area contributed by atoms with E-state index in [4.69, 9.17) is 9.85 Å². The van der Waals surface area contributed by atoms with Crippen molar-refractivity contribution in [3.63, 3.8) is 0 Å². The van der Waals surface area contributed by atoms with Crippen LogP contribution >= 0.6 is 0 Å². The summed E-state index contributed by atoms with van der Waals surface area (Å²) < 4.78 is 22.8. The molecule has 0 aliphatic carbocycles. The topological polar surface area (TPSA) is 42.2 Å². The summed E-state index contributed by atoms with van der Waals surface area (Å²) >= 11 is 0. The van der Waals surface area contributed by atoms with Crippen molar-refractivity contribution in [2.75, 3.05) is 17.2 Å². The molecule has 1 saturated heterocycles. The van der Waals surface area contributed by atoms with Crippen molar-refractivity contribution in [2.24, 2.45) is 0 Å². The Morgan fingerprint density at radius 1 is 1.64 bits per heavy atom. The number of rotatable bonds is 1. The molecule has 1 unspecified atom stereocenters. The molecule has 3 heteroatoms. The Balaban J connectivity index is 2.44. The average molecular weight is 194 g/mol. The van der Waals surface area contributed by atoms with E-state index in [-0.39, 0.29) is 23.9 Å². The van der Waals surface area contributed by atoms with Crippen LogP contribution in [0.5, 0.6) is 0 Å². The van der Waals surface area contributed by atoms with Crippen LogP contribution in [0.4, 0.5) is 11.5 Å². The molecule has 0 amide bonds. The van der Waals surface area contributed by atoms with Crippen molar-refractivity contribution in [3.05, 3.63) is 18.3 Å². The van der Waals surface area contributed by atoms with Gasteiger partial charge in [0.25, 0.3) is 0 Å². The van der Waals surface area contributed by atoms with Gasteiger partial charge in [-0.2, -0.15) is 0 Å². The highest BCUT2D eigenvalue weighted by Crippen LogP contribution is 2.26. The fourth-order valence-electron chi connectivity index (χ4n) is 1.92. The molecule has 1 atom stereocenters. The molecule has 2 N–H and O–H groups in total. The largest absolute Gasteiger partial charge is 0.396 e. The lowest BCUT2D eigenvalue weighted by molar-refractivity contribution is 0.482. The highest BCUT2D eigenvalue weighted by molar-refractivity contribution is 5.62. The minimum atomic E-state index is -0.198. The number of aromatic nitrogens is 1. The number of nitrogens with zero attached hydrogens (tertiary/aromatic N) is 2. The second-order valence-corrected chi connectivity index (χ2v) is 3.75. The zero-order chi connectivity index (χ0) is 12.6. The Hall–Kier alpha value is -1.25. The van der Waals surface area contributed by atoms with Crippen molar-refractivity contribution in [1.29, 1.82) is 0 Å². The van der Waals surface area contributed by atoms with Crippen LogP contribution in [0.3, 0.4) is 0 Å². The summed E-state index contributed by atoms with van der Waals surface area (Å²) in [5.74, 6) is 0.503. The Morgan fingerprint density at radius 3 is 3.29 bits per heavy atom. The van der Waals surface area contributed by atoms with E-state index in [0.717, 1.165) is 19.4 Å². The molecule has 0 saturated carbocycles. The Bertz CT molecular complexity index is 436. The first-order valence-electron chi connectivity index (χ1n) is 6.52. The summed E-state index contributed by atoms with van der Waals surface area (Å²) in [7, 11) is 0. The maximum atomic E-state index is 7.71. The molecule has 1 aromatic heterocycles. The normalized spacial score (nSPS) is 25.4. The van der Waals surface area contributed by atoms with Crippen molar-refractivity contribution < 1.29 is 4.11 Å². The van der Waals surface area contributed by atoms with Gasteiger partial charge < -0.3 is 10.6 Å². The lowest BCUT2D eigenvalue weighted by atomic mass is 10.0. The predicted octanol–water partition coefficient (Wildman–Crippen LogP) is 2.04.